The number of nitrogens with zero attached hydrogens (tertiary/aromatic N) is 4. The van der Waals surface area contributed by atoms with Gasteiger partial charge in [-0.25, -0.2) is 23.8 Å². The van der Waals surface area contributed by atoms with Crippen LogP contribution in [0.2, 0.25) is 0 Å². The lowest BCUT2D eigenvalue weighted by Gasteiger charge is -2.34. The Bertz CT molecular complexity index is 959. The van der Waals surface area contributed by atoms with Gasteiger partial charge in [-0.2, -0.15) is 13.7 Å². The number of benzene rings is 1. The van der Waals surface area contributed by atoms with Crippen molar-refractivity contribution in [2.75, 3.05) is 31.6 Å². The zero-order chi connectivity index (χ0) is 18.7. The molecule has 0 radical (unpaired) electrons. The molecule has 2 aromatic rings. The normalized spacial score (nSPS) is 18.0. The predicted molar refractivity (Wildman–Crippen MR) is 95.1 cm³/mol. The summed E-state index contributed by atoms with van der Waals surface area (Å²) in [5, 5.41) is 9.69. The molecule has 0 bridgehead atoms. The van der Waals surface area contributed by atoms with Crippen molar-refractivity contribution < 1.29 is 12.8 Å². The molecule has 1 fully saturated rings. The summed E-state index contributed by atoms with van der Waals surface area (Å²) in [6.45, 7) is 1.68. The summed E-state index contributed by atoms with van der Waals surface area (Å²) in [6, 6.07) is 4.54. The van der Waals surface area contributed by atoms with Crippen LogP contribution in [0, 0.1) is 23.1 Å². The first-order valence-corrected chi connectivity index (χ1v) is 9.69. The van der Waals surface area contributed by atoms with Gasteiger partial charge in [0.15, 0.2) is 0 Å². The number of aromatic nitrogens is 2. The monoisotopic (exact) mass is 378 g/mol. The first kappa shape index (κ1) is 18.4. The number of nitriles is 1. The molecule has 2 N–H and O–H groups in total. The van der Waals surface area contributed by atoms with Crippen LogP contribution in [0.1, 0.15) is 18.4 Å². The van der Waals surface area contributed by atoms with Crippen molar-refractivity contribution in [2.45, 2.75) is 12.8 Å². The van der Waals surface area contributed by atoms with E-state index in [0.29, 0.717) is 29.8 Å². The molecule has 3 rings (SSSR count). The third-order valence-corrected chi connectivity index (χ3v) is 5.56. The molecule has 2 heterocycles. The van der Waals surface area contributed by atoms with Crippen molar-refractivity contribution in [3.05, 3.63) is 29.8 Å². The van der Waals surface area contributed by atoms with Crippen LogP contribution in [0.4, 0.5) is 10.2 Å². The largest absolute Gasteiger partial charge is 0.356 e. The Labute approximate surface area is 151 Å². The molecule has 10 heteroatoms. The van der Waals surface area contributed by atoms with Crippen LogP contribution < -0.4 is 14.3 Å². The zero-order valence-electron chi connectivity index (χ0n) is 14.2. The number of rotatable bonds is 5. The van der Waals surface area contributed by atoms with Crippen LogP contribution in [0.5, 0.6) is 0 Å². The van der Waals surface area contributed by atoms with Crippen molar-refractivity contribution in [3.8, 4) is 6.07 Å². The summed E-state index contributed by atoms with van der Waals surface area (Å²) in [6.07, 6.45) is 3.14. The van der Waals surface area contributed by atoms with E-state index < -0.39 is 16.0 Å². The average molecular weight is 378 g/mol. The number of hydrogen-bond acceptors (Lipinski definition) is 6. The van der Waals surface area contributed by atoms with E-state index in [0.717, 1.165) is 19.4 Å². The number of halogens is 1. The molecule has 1 aliphatic rings. The topological polar surface area (TPSA) is 111 Å². The van der Waals surface area contributed by atoms with Gasteiger partial charge in [0, 0.05) is 38.1 Å². The molecule has 1 aromatic heterocycles. The Morgan fingerprint density at radius 2 is 2.23 bits per heavy atom. The summed E-state index contributed by atoms with van der Waals surface area (Å²) in [4.78, 5) is 10.4. The minimum absolute atomic E-state index is 0.0520. The second kappa shape index (κ2) is 7.49. The van der Waals surface area contributed by atoms with Crippen molar-refractivity contribution in [3.63, 3.8) is 0 Å². The van der Waals surface area contributed by atoms with E-state index >= 15 is 0 Å². The number of hydrogen-bond donors (Lipinski definition) is 2. The Morgan fingerprint density at radius 3 is 2.96 bits per heavy atom. The Hall–Kier alpha value is -2.35. The van der Waals surface area contributed by atoms with Gasteiger partial charge in [-0.05, 0) is 24.8 Å². The van der Waals surface area contributed by atoms with Gasteiger partial charge in [-0.1, -0.05) is 0 Å². The Balaban J connectivity index is 1.85. The molecule has 1 aliphatic heterocycles. The van der Waals surface area contributed by atoms with E-state index in [1.54, 1.807) is 0 Å². The van der Waals surface area contributed by atoms with Crippen LogP contribution >= 0.6 is 0 Å². The van der Waals surface area contributed by atoms with E-state index in [9.17, 15) is 12.8 Å². The van der Waals surface area contributed by atoms with Gasteiger partial charge in [-0.3, -0.25) is 0 Å². The van der Waals surface area contributed by atoms with E-state index in [2.05, 4.69) is 19.4 Å². The second-order valence-corrected chi connectivity index (χ2v) is 7.87. The first-order chi connectivity index (χ1) is 12.4. The van der Waals surface area contributed by atoms with Gasteiger partial charge in [0.05, 0.1) is 11.1 Å². The van der Waals surface area contributed by atoms with Gasteiger partial charge in [0.25, 0.3) is 10.2 Å². The molecular weight excluding hydrogens is 359 g/mol. The Morgan fingerprint density at radius 1 is 1.42 bits per heavy atom. The SMILES string of the molecule is CNS(=O)(=O)NCC1CCCN(c2ncnc3cc(F)c(C#N)cc23)C1. The minimum atomic E-state index is -3.47. The number of piperidine rings is 1. The molecular formula is C16H19FN6O2S. The predicted octanol–water partition coefficient (Wildman–Crippen LogP) is 0.911. The highest BCUT2D eigenvalue weighted by molar-refractivity contribution is 7.87. The molecule has 1 atom stereocenters. The van der Waals surface area contributed by atoms with Crippen molar-refractivity contribution >= 4 is 26.9 Å². The molecule has 0 spiro atoms. The minimum Gasteiger partial charge on any atom is -0.356 e. The molecule has 0 saturated carbocycles. The van der Waals surface area contributed by atoms with Gasteiger partial charge in [0.2, 0.25) is 0 Å². The van der Waals surface area contributed by atoms with Crippen LogP contribution in [0.3, 0.4) is 0 Å². The lowest BCUT2D eigenvalue weighted by atomic mass is 9.98. The maximum absolute atomic E-state index is 13.8. The molecule has 0 aliphatic carbocycles. The highest BCUT2D eigenvalue weighted by atomic mass is 32.2. The molecule has 0 amide bonds. The number of fused-ring (bicyclic) bond motifs is 1. The van der Waals surface area contributed by atoms with Crippen LogP contribution in [0.25, 0.3) is 10.9 Å². The average Bonchev–Trinajstić information content (AvgIpc) is 2.65. The van der Waals surface area contributed by atoms with Gasteiger partial charge in [-0.15, -0.1) is 0 Å². The van der Waals surface area contributed by atoms with Crippen molar-refractivity contribution in [1.29, 1.82) is 5.26 Å². The third kappa shape index (κ3) is 3.90. The molecule has 1 aromatic carbocycles. The standard InChI is InChI=1S/C16H19FN6O2S/c1-19-26(24,25)22-8-11-3-2-4-23(9-11)16-13-5-12(7-18)14(17)6-15(13)20-10-21-16/h5-6,10-11,19,22H,2-4,8-9H2,1H3. The quantitative estimate of drug-likeness (QED) is 0.800. The molecule has 138 valence electrons. The maximum Gasteiger partial charge on any atom is 0.276 e. The van der Waals surface area contributed by atoms with Crippen molar-refractivity contribution in [1.82, 2.24) is 19.4 Å². The van der Waals surface area contributed by atoms with E-state index in [4.69, 9.17) is 5.26 Å². The zero-order valence-corrected chi connectivity index (χ0v) is 15.1. The van der Waals surface area contributed by atoms with Gasteiger partial charge < -0.3 is 4.90 Å². The summed E-state index contributed by atoms with van der Waals surface area (Å²) in [7, 11) is -2.12. The lowest BCUT2D eigenvalue weighted by molar-refractivity contribution is 0.409. The fourth-order valence-corrected chi connectivity index (χ4v) is 3.72. The lowest BCUT2D eigenvalue weighted by Crippen LogP contribution is -2.43. The van der Waals surface area contributed by atoms with Crippen LogP contribution in [-0.4, -0.2) is 45.1 Å². The molecule has 1 saturated heterocycles. The summed E-state index contributed by atoms with van der Waals surface area (Å²) < 4.78 is 41.7. The highest BCUT2D eigenvalue weighted by Gasteiger charge is 2.24. The summed E-state index contributed by atoms with van der Waals surface area (Å²) >= 11 is 0. The fourth-order valence-electron chi connectivity index (χ4n) is 3.13. The van der Waals surface area contributed by atoms with E-state index in [-0.39, 0.29) is 11.5 Å². The Kier molecular flexibility index (Phi) is 5.31. The van der Waals surface area contributed by atoms with Crippen LogP contribution in [-0.2, 0) is 10.2 Å². The molecule has 26 heavy (non-hydrogen) atoms. The number of anilines is 1. The molecule has 1 unspecified atom stereocenters. The highest BCUT2D eigenvalue weighted by Crippen LogP contribution is 2.29. The van der Waals surface area contributed by atoms with Crippen molar-refractivity contribution in [2.24, 2.45) is 5.92 Å². The van der Waals surface area contributed by atoms with E-state index in [1.807, 2.05) is 11.0 Å². The molecule has 8 nitrogen and oxygen atoms in total. The van der Waals surface area contributed by atoms with Crippen LogP contribution in [0.15, 0.2) is 18.5 Å². The smallest absolute Gasteiger partial charge is 0.276 e. The third-order valence-electron chi connectivity index (χ3n) is 4.47. The summed E-state index contributed by atoms with van der Waals surface area (Å²) in [5.74, 6) is 0.142. The van der Waals surface area contributed by atoms with E-state index in [1.165, 1.54) is 25.5 Å². The summed E-state index contributed by atoms with van der Waals surface area (Å²) in [5.41, 5.74) is 0.383. The van der Waals surface area contributed by atoms with Gasteiger partial charge in [0.1, 0.15) is 24.0 Å². The maximum atomic E-state index is 13.8. The number of nitrogens with one attached hydrogen (secondary N) is 2. The first-order valence-electron chi connectivity index (χ1n) is 8.21. The van der Waals surface area contributed by atoms with Gasteiger partial charge >= 0.3 is 0 Å². The second-order valence-electron chi connectivity index (χ2n) is 6.17. The fraction of sp³-hybridized carbons (Fsp3) is 0.438.